The highest BCUT2D eigenvalue weighted by atomic mass is 19.3. The molecule has 4 heteroatoms. The summed E-state index contributed by atoms with van der Waals surface area (Å²) in [6.07, 6.45) is -0.225. The van der Waals surface area contributed by atoms with Crippen molar-refractivity contribution in [3.8, 4) is 0 Å². The lowest BCUT2D eigenvalue weighted by Gasteiger charge is -2.14. The molecule has 0 aliphatic rings. The molecule has 0 amide bonds. The minimum atomic E-state index is -3.26. The standard InChI is InChI=1S/C7H10F2O2/c1-3-4-7(8,9)5(2)6(10)11/h2-4H2,1H3,(H,10,11). The second-order valence-electron chi connectivity index (χ2n) is 2.24. The highest BCUT2D eigenvalue weighted by Gasteiger charge is 2.35. The molecule has 0 aromatic rings. The number of hydrogen-bond acceptors (Lipinski definition) is 1. The summed E-state index contributed by atoms with van der Waals surface area (Å²) in [5.41, 5.74) is -1.03. The molecule has 0 aliphatic carbocycles. The molecule has 0 aromatic heterocycles. The first-order valence-corrected chi connectivity index (χ1v) is 3.22. The quantitative estimate of drug-likeness (QED) is 0.646. The zero-order chi connectivity index (χ0) is 9.07. The van der Waals surface area contributed by atoms with E-state index in [1.54, 1.807) is 6.92 Å². The number of carbonyl (C=O) groups is 1. The molecule has 0 heterocycles. The average molecular weight is 164 g/mol. The van der Waals surface area contributed by atoms with Crippen LogP contribution in [0.5, 0.6) is 0 Å². The maximum absolute atomic E-state index is 12.6. The zero-order valence-corrected chi connectivity index (χ0v) is 6.23. The molecule has 0 unspecified atom stereocenters. The van der Waals surface area contributed by atoms with Crippen LogP contribution in [0.3, 0.4) is 0 Å². The van der Waals surface area contributed by atoms with Gasteiger partial charge in [-0.2, -0.15) is 0 Å². The van der Waals surface area contributed by atoms with Gasteiger partial charge < -0.3 is 5.11 Å². The lowest BCUT2D eigenvalue weighted by molar-refractivity contribution is -0.136. The van der Waals surface area contributed by atoms with Crippen molar-refractivity contribution >= 4 is 5.97 Å². The summed E-state index contributed by atoms with van der Waals surface area (Å²) in [6.45, 7) is 4.35. The van der Waals surface area contributed by atoms with Gasteiger partial charge in [-0.15, -0.1) is 0 Å². The minimum absolute atomic E-state index is 0.235. The number of carboxylic acid groups (broad SMARTS) is 1. The van der Waals surface area contributed by atoms with Gasteiger partial charge in [0.15, 0.2) is 0 Å². The van der Waals surface area contributed by atoms with E-state index in [9.17, 15) is 13.6 Å². The van der Waals surface area contributed by atoms with Gasteiger partial charge in [-0.25, -0.2) is 13.6 Å². The summed E-state index contributed by atoms with van der Waals surface area (Å²) in [5.74, 6) is -4.90. The van der Waals surface area contributed by atoms with Crippen LogP contribution in [0.15, 0.2) is 12.2 Å². The average Bonchev–Trinajstić information content (AvgIpc) is 1.86. The van der Waals surface area contributed by atoms with Crippen molar-refractivity contribution in [2.45, 2.75) is 25.7 Å². The molecule has 11 heavy (non-hydrogen) atoms. The molecule has 0 spiro atoms. The van der Waals surface area contributed by atoms with E-state index in [0.717, 1.165) is 0 Å². The number of carboxylic acids is 1. The van der Waals surface area contributed by atoms with E-state index in [1.165, 1.54) is 0 Å². The molecule has 0 atom stereocenters. The van der Waals surface area contributed by atoms with Crippen LogP contribution >= 0.6 is 0 Å². The molecule has 0 aromatic carbocycles. The van der Waals surface area contributed by atoms with E-state index in [1.807, 2.05) is 0 Å². The summed E-state index contributed by atoms with van der Waals surface area (Å²) in [6, 6.07) is 0. The fourth-order valence-electron chi connectivity index (χ4n) is 0.621. The van der Waals surface area contributed by atoms with E-state index >= 15 is 0 Å². The third-order valence-corrected chi connectivity index (χ3v) is 1.26. The van der Waals surface area contributed by atoms with Crippen molar-refractivity contribution in [1.82, 2.24) is 0 Å². The highest BCUT2D eigenvalue weighted by Crippen LogP contribution is 2.27. The highest BCUT2D eigenvalue weighted by molar-refractivity contribution is 5.87. The normalized spacial score (nSPS) is 11.2. The second-order valence-corrected chi connectivity index (χ2v) is 2.24. The Balaban J connectivity index is 4.29. The maximum atomic E-state index is 12.6. The summed E-state index contributed by atoms with van der Waals surface area (Å²) >= 11 is 0. The third kappa shape index (κ3) is 2.65. The Morgan fingerprint density at radius 3 is 2.36 bits per heavy atom. The van der Waals surface area contributed by atoms with E-state index in [-0.39, 0.29) is 6.42 Å². The van der Waals surface area contributed by atoms with Gasteiger partial charge in [-0.3, -0.25) is 0 Å². The topological polar surface area (TPSA) is 37.3 Å². The summed E-state index contributed by atoms with van der Waals surface area (Å²) in [5, 5.41) is 8.16. The van der Waals surface area contributed by atoms with Gasteiger partial charge in [0.1, 0.15) is 0 Å². The lowest BCUT2D eigenvalue weighted by Crippen LogP contribution is -2.23. The number of alkyl halides is 2. The number of aliphatic carboxylic acids is 1. The Bertz CT molecular complexity index is 175. The number of halogens is 2. The van der Waals surface area contributed by atoms with Crippen LogP contribution in [0.1, 0.15) is 19.8 Å². The molecule has 0 saturated heterocycles. The molecule has 0 fully saturated rings. The third-order valence-electron chi connectivity index (χ3n) is 1.26. The molecule has 0 rings (SSSR count). The van der Waals surface area contributed by atoms with E-state index in [0.29, 0.717) is 0 Å². The van der Waals surface area contributed by atoms with Crippen molar-refractivity contribution in [1.29, 1.82) is 0 Å². The maximum Gasteiger partial charge on any atom is 0.337 e. The fourth-order valence-corrected chi connectivity index (χ4v) is 0.621. The molecule has 2 nitrogen and oxygen atoms in total. The number of hydrogen-bond donors (Lipinski definition) is 1. The molecule has 1 N–H and O–H groups in total. The van der Waals surface area contributed by atoms with Gasteiger partial charge in [0.25, 0.3) is 5.92 Å². The molecule has 0 saturated carbocycles. The van der Waals surface area contributed by atoms with Crippen molar-refractivity contribution in [3.05, 3.63) is 12.2 Å². The van der Waals surface area contributed by atoms with Gasteiger partial charge in [0.2, 0.25) is 0 Å². The minimum Gasteiger partial charge on any atom is -0.478 e. The van der Waals surface area contributed by atoms with Gasteiger partial charge in [-0.05, 0) is 0 Å². The van der Waals surface area contributed by atoms with Crippen LogP contribution in [-0.2, 0) is 4.79 Å². The molecule has 0 bridgehead atoms. The van der Waals surface area contributed by atoms with Crippen molar-refractivity contribution in [2.24, 2.45) is 0 Å². The summed E-state index contributed by atoms with van der Waals surface area (Å²) in [4.78, 5) is 10.0. The fraction of sp³-hybridized carbons (Fsp3) is 0.571. The van der Waals surface area contributed by atoms with Crippen LogP contribution in [0.2, 0.25) is 0 Å². The number of rotatable bonds is 4. The summed E-state index contributed by atoms with van der Waals surface area (Å²) in [7, 11) is 0. The molecule has 0 radical (unpaired) electrons. The largest absolute Gasteiger partial charge is 0.478 e. The lowest BCUT2D eigenvalue weighted by atomic mass is 10.1. The Hall–Kier alpha value is -0.930. The molecule has 0 aliphatic heterocycles. The van der Waals surface area contributed by atoms with E-state index < -0.39 is 23.9 Å². The van der Waals surface area contributed by atoms with Crippen LogP contribution in [0.4, 0.5) is 8.78 Å². The SMILES string of the molecule is C=C(C(=O)O)C(F)(F)CCC. The van der Waals surface area contributed by atoms with Crippen molar-refractivity contribution < 1.29 is 18.7 Å². The Labute approximate surface area is 63.5 Å². The van der Waals surface area contributed by atoms with Crippen molar-refractivity contribution in [3.63, 3.8) is 0 Å². The predicted molar refractivity (Wildman–Crippen MR) is 36.6 cm³/mol. The van der Waals surface area contributed by atoms with Crippen LogP contribution in [0.25, 0.3) is 0 Å². The van der Waals surface area contributed by atoms with E-state index in [2.05, 4.69) is 6.58 Å². The van der Waals surface area contributed by atoms with Gasteiger partial charge in [0.05, 0.1) is 5.57 Å². The first-order valence-electron chi connectivity index (χ1n) is 3.22. The van der Waals surface area contributed by atoms with Gasteiger partial charge in [0, 0.05) is 6.42 Å². The van der Waals surface area contributed by atoms with Crippen molar-refractivity contribution in [2.75, 3.05) is 0 Å². The van der Waals surface area contributed by atoms with E-state index in [4.69, 9.17) is 5.11 Å². The monoisotopic (exact) mass is 164 g/mol. The van der Waals surface area contributed by atoms with Gasteiger partial charge in [-0.1, -0.05) is 19.9 Å². The Morgan fingerprint density at radius 2 is 2.09 bits per heavy atom. The molecular formula is C7H10F2O2. The first kappa shape index (κ1) is 10.1. The smallest absolute Gasteiger partial charge is 0.337 e. The Morgan fingerprint density at radius 1 is 1.64 bits per heavy atom. The first-order chi connectivity index (χ1) is 4.91. The van der Waals surface area contributed by atoms with Crippen LogP contribution < -0.4 is 0 Å². The molecular weight excluding hydrogens is 154 g/mol. The predicted octanol–water partition coefficient (Wildman–Crippen LogP) is 2.06. The zero-order valence-electron chi connectivity index (χ0n) is 6.23. The Kier molecular flexibility index (Phi) is 3.17. The van der Waals surface area contributed by atoms with Gasteiger partial charge >= 0.3 is 5.97 Å². The molecule has 64 valence electrons. The summed E-state index contributed by atoms with van der Waals surface area (Å²) < 4.78 is 25.2. The second kappa shape index (κ2) is 3.46. The van der Waals surface area contributed by atoms with Crippen LogP contribution in [0, 0.1) is 0 Å². The van der Waals surface area contributed by atoms with Crippen LogP contribution in [-0.4, -0.2) is 17.0 Å².